The van der Waals surface area contributed by atoms with Crippen molar-refractivity contribution in [1.82, 2.24) is 24.2 Å². The van der Waals surface area contributed by atoms with Crippen LogP contribution >= 0.6 is 0 Å². The SMILES string of the molecule is Cn1cc2cc(-n3c(-c4ccc(C#N)c(F)c4)nc(C(=O)N4CCC[C@@H](N)C4)c3C3CC3)ccc2n1. The predicted octanol–water partition coefficient (Wildman–Crippen LogP) is 3.88. The van der Waals surface area contributed by atoms with Gasteiger partial charge in [0.05, 0.1) is 16.8 Å². The van der Waals surface area contributed by atoms with E-state index < -0.39 is 5.82 Å². The van der Waals surface area contributed by atoms with E-state index in [0.29, 0.717) is 30.2 Å². The number of likely N-dealkylation sites (tertiary alicyclic amines) is 1. The highest BCUT2D eigenvalue weighted by atomic mass is 19.1. The summed E-state index contributed by atoms with van der Waals surface area (Å²) in [5.74, 6) is -0.0802. The lowest BCUT2D eigenvalue weighted by Crippen LogP contribution is -2.46. The number of nitrogens with zero attached hydrogens (tertiary/aromatic N) is 6. The molecule has 0 spiro atoms. The molecule has 0 bridgehead atoms. The second-order valence-electron chi connectivity index (χ2n) is 9.78. The molecule has 2 fully saturated rings. The van der Waals surface area contributed by atoms with Gasteiger partial charge in [-0.1, -0.05) is 0 Å². The monoisotopic (exact) mass is 483 g/mol. The van der Waals surface area contributed by atoms with Gasteiger partial charge in [0.1, 0.15) is 17.7 Å². The molecule has 9 heteroatoms. The van der Waals surface area contributed by atoms with Crippen molar-refractivity contribution in [2.24, 2.45) is 12.8 Å². The van der Waals surface area contributed by atoms with Crippen molar-refractivity contribution in [2.75, 3.05) is 13.1 Å². The third-order valence-corrected chi connectivity index (χ3v) is 7.03. The Hall–Kier alpha value is -4.03. The first-order chi connectivity index (χ1) is 17.4. The quantitative estimate of drug-likeness (QED) is 0.474. The number of nitrogens with two attached hydrogens (primary N) is 1. The van der Waals surface area contributed by atoms with Crippen LogP contribution in [0.25, 0.3) is 28.0 Å². The van der Waals surface area contributed by atoms with Crippen LogP contribution in [0, 0.1) is 17.1 Å². The Morgan fingerprint density at radius 1 is 1.19 bits per heavy atom. The van der Waals surface area contributed by atoms with E-state index in [-0.39, 0.29) is 23.4 Å². The molecule has 1 atom stereocenters. The number of halogens is 1. The zero-order valence-corrected chi connectivity index (χ0v) is 20.0. The molecule has 1 amide bonds. The Labute approximate surface area is 207 Å². The van der Waals surface area contributed by atoms with Crippen LogP contribution in [0.3, 0.4) is 0 Å². The number of hydrogen-bond acceptors (Lipinski definition) is 5. The minimum atomic E-state index is -0.616. The van der Waals surface area contributed by atoms with E-state index >= 15 is 0 Å². The van der Waals surface area contributed by atoms with Gasteiger partial charge in [0, 0.05) is 54.9 Å². The van der Waals surface area contributed by atoms with E-state index in [2.05, 4.69) is 5.10 Å². The number of carbonyl (C=O) groups is 1. The van der Waals surface area contributed by atoms with E-state index in [1.807, 2.05) is 42.1 Å². The van der Waals surface area contributed by atoms with Gasteiger partial charge in [-0.3, -0.25) is 14.0 Å². The summed E-state index contributed by atoms with van der Waals surface area (Å²) in [6.45, 7) is 1.14. The van der Waals surface area contributed by atoms with Gasteiger partial charge in [-0.15, -0.1) is 0 Å². The first kappa shape index (κ1) is 22.4. The third-order valence-electron chi connectivity index (χ3n) is 7.03. The topological polar surface area (TPSA) is 106 Å². The fourth-order valence-corrected chi connectivity index (χ4v) is 5.14. The summed E-state index contributed by atoms with van der Waals surface area (Å²) >= 11 is 0. The molecule has 0 unspecified atom stereocenters. The summed E-state index contributed by atoms with van der Waals surface area (Å²) in [5, 5.41) is 14.6. The van der Waals surface area contributed by atoms with Crippen LogP contribution in [0.5, 0.6) is 0 Å². The van der Waals surface area contributed by atoms with Gasteiger partial charge < -0.3 is 10.6 Å². The standard InChI is InChI=1S/C27H26FN7O/c1-33-14-19-11-21(8-9-23(19)32-33)35-25(16-4-5-16)24(27(36)34-10-2-3-20(30)15-34)31-26(35)17-6-7-18(13-29)22(28)12-17/h6-9,11-12,14,16,20H,2-5,10,15,30H2,1H3/t20-/m1/s1. The van der Waals surface area contributed by atoms with Crippen molar-refractivity contribution in [3.05, 3.63) is 65.4 Å². The van der Waals surface area contributed by atoms with Crippen molar-refractivity contribution < 1.29 is 9.18 Å². The summed E-state index contributed by atoms with van der Waals surface area (Å²) < 4.78 is 18.4. The van der Waals surface area contributed by atoms with Crippen LogP contribution in [-0.2, 0) is 7.05 Å². The third kappa shape index (κ3) is 3.84. The largest absolute Gasteiger partial charge is 0.336 e. The second kappa shape index (κ2) is 8.57. The number of amides is 1. The number of fused-ring (bicyclic) bond motifs is 1. The molecular weight excluding hydrogens is 457 g/mol. The van der Waals surface area contributed by atoms with Gasteiger partial charge in [-0.05, 0) is 62.1 Å². The van der Waals surface area contributed by atoms with Gasteiger partial charge in [0.15, 0.2) is 5.69 Å². The number of piperidine rings is 1. The lowest BCUT2D eigenvalue weighted by atomic mass is 10.1. The number of hydrogen-bond donors (Lipinski definition) is 1. The fourth-order valence-electron chi connectivity index (χ4n) is 5.14. The summed E-state index contributed by atoms with van der Waals surface area (Å²) in [5.41, 5.74) is 9.59. The molecule has 2 aromatic heterocycles. The fraction of sp³-hybridized carbons (Fsp3) is 0.333. The zero-order chi connectivity index (χ0) is 25.0. The molecule has 36 heavy (non-hydrogen) atoms. The molecular formula is C27H26FN7O. The van der Waals surface area contributed by atoms with Crippen molar-refractivity contribution >= 4 is 16.8 Å². The lowest BCUT2D eigenvalue weighted by molar-refractivity contribution is 0.0702. The van der Waals surface area contributed by atoms with Crippen molar-refractivity contribution in [3.8, 4) is 23.1 Å². The van der Waals surface area contributed by atoms with Crippen LogP contribution < -0.4 is 5.73 Å². The van der Waals surface area contributed by atoms with Crippen LogP contribution in [0.2, 0.25) is 0 Å². The summed E-state index contributed by atoms with van der Waals surface area (Å²) in [6, 6.07) is 12.2. The lowest BCUT2D eigenvalue weighted by Gasteiger charge is -2.30. The van der Waals surface area contributed by atoms with Crippen LogP contribution in [-0.4, -0.2) is 49.3 Å². The highest BCUT2D eigenvalue weighted by molar-refractivity contribution is 5.95. The summed E-state index contributed by atoms with van der Waals surface area (Å²) in [6.07, 6.45) is 5.62. The number of imidazole rings is 1. The van der Waals surface area contributed by atoms with Crippen molar-refractivity contribution in [1.29, 1.82) is 5.26 Å². The maximum absolute atomic E-state index is 14.7. The molecule has 6 rings (SSSR count). The van der Waals surface area contributed by atoms with Gasteiger partial charge in [0.25, 0.3) is 5.91 Å². The molecule has 0 radical (unpaired) electrons. The Balaban J connectivity index is 1.57. The molecule has 2 aliphatic rings. The minimum absolute atomic E-state index is 0.0327. The first-order valence-corrected chi connectivity index (χ1v) is 12.2. The van der Waals surface area contributed by atoms with Crippen LogP contribution in [0.15, 0.2) is 42.6 Å². The molecule has 1 aliphatic heterocycles. The van der Waals surface area contributed by atoms with Crippen LogP contribution in [0.4, 0.5) is 4.39 Å². The first-order valence-electron chi connectivity index (χ1n) is 12.2. The van der Waals surface area contributed by atoms with Gasteiger partial charge in [0.2, 0.25) is 0 Å². The smallest absolute Gasteiger partial charge is 0.274 e. The number of aromatic nitrogens is 4. The number of carbonyl (C=O) groups excluding carboxylic acids is 1. The molecule has 4 aromatic rings. The van der Waals surface area contributed by atoms with E-state index in [4.69, 9.17) is 10.7 Å². The predicted molar refractivity (Wildman–Crippen MR) is 133 cm³/mol. The van der Waals surface area contributed by atoms with E-state index in [1.165, 1.54) is 12.1 Å². The number of rotatable bonds is 4. The van der Waals surface area contributed by atoms with Gasteiger partial charge in [-0.25, -0.2) is 9.37 Å². The van der Waals surface area contributed by atoms with Crippen molar-refractivity contribution in [2.45, 2.75) is 37.6 Å². The molecule has 1 saturated heterocycles. The molecule has 1 saturated carbocycles. The molecule has 2 N–H and O–H groups in total. The van der Waals surface area contributed by atoms with Gasteiger partial charge >= 0.3 is 0 Å². The molecule has 182 valence electrons. The average Bonchev–Trinajstić information content (AvgIpc) is 3.52. The Morgan fingerprint density at radius 3 is 2.75 bits per heavy atom. The Bertz CT molecular complexity index is 1540. The Morgan fingerprint density at radius 2 is 2.03 bits per heavy atom. The van der Waals surface area contributed by atoms with E-state index in [9.17, 15) is 14.4 Å². The maximum Gasteiger partial charge on any atom is 0.274 e. The summed E-state index contributed by atoms with van der Waals surface area (Å²) in [7, 11) is 1.87. The van der Waals surface area contributed by atoms with Gasteiger partial charge in [-0.2, -0.15) is 10.4 Å². The second-order valence-corrected chi connectivity index (χ2v) is 9.78. The van der Waals surface area contributed by atoms with E-state index in [1.54, 1.807) is 15.6 Å². The average molecular weight is 484 g/mol. The Kier molecular flexibility index (Phi) is 5.34. The van der Waals surface area contributed by atoms with Crippen molar-refractivity contribution in [3.63, 3.8) is 0 Å². The molecule has 1 aliphatic carbocycles. The molecule has 2 aromatic carbocycles. The van der Waals surface area contributed by atoms with Crippen LogP contribution in [0.1, 0.15) is 53.3 Å². The minimum Gasteiger partial charge on any atom is -0.336 e. The number of aryl methyl sites for hydroxylation is 1. The highest BCUT2D eigenvalue weighted by Crippen LogP contribution is 2.45. The molecule has 3 heterocycles. The normalized spacial score (nSPS) is 17.9. The molecule has 8 nitrogen and oxygen atoms in total. The highest BCUT2D eigenvalue weighted by Gasteiger charge is 2.37. The van der Waals surface area contributed by atoms with E-state index in [0.717, 1.165) is 48.0 Å². The maximum atomic E-state index is 14.7. The number of nitriles is 1. The summed E-state index contributed by atoms with van der Waals surface area (Å²) in [4.78, 5) is 20.4. The zero-order valence-electron chi connectivity index (χ0n) is 20.0. The number of benzene rings is 2.